The molecule has 1 aromatic carbocycles. The summed E-state index contributed by atoms with van der Waals surface area (Å²) in [5.74, 6) is 0.451. The number of alkyl halides is 1. The number of likely N-dealkylation sites (tertiary alicyclic amines) is 1. The van der Waals surface area contributed by atoms with Gasteiger partial charge in [-0.2, -0.15) is 0 Å². The van der Waals surface area contributed by atoms with Crippen LogP contribution in [0.15, 0.2) is 24.3 Å². The molecule has 0 bridgehead atoms. The number of rotatable bonds is 5. The van der Waals surface area contributed by atoms with Gasteiger partial charge in [0, 0.05) is 19.6 Å². The zero-order chi connectivity index (χ0) is 11.4. The number of hydrogen-bond acceptors (Lipinski definition) is 1. The van der Waals surface area contributed by atoms with Crippen LogP contribution < -0.4 is 0 Å². The summed E-state index contributed by atoms with van der Waals surface area (Å²) in [6, 6.07) is 6.79. The van der Waals surface area contributed by atoms with Gasteiger partial charge in [-0.15, -0.1) is 0 Å². The van der Waals surface area contributed by atoms with Crippen molar-refractivity contribution in [1.82, 2.24) is 4.90 Å². The molecule has 1 fully saturated rings. The van der Waals surface area contributed by atoms with Gasteiger partial charge in [-0.1, -0.05) is 12.1 Å². The second kappa shape index (κ2) is 5.39. The maximum absolute atomic E-state index is 12.9. The van der Waals surface area contributed by atoms with Crippen LogP contribution in [0.5, 0.6) is 0 Å². The monoisotopic (exact) mass is 225 g/mol. The molecule has 0 spiro atoms. The first-order valence-electron chi connectivity index (χ1n) is 5.80. The van der Waals surface area contributed by atoms with Crippen LogP contribution in [-0.4, -0.2) is 31.2 Å². The van der Waals surface area contributed by atoms with Crippen LogP contribution in [0.3, 0.4) is 0 Å². The lowest BCUT2D eigenvalue weighted by Crippen LogP contribution is -2.47. The summed E-state index contributed by atoms with van der Waals surface area (Å²) in [6.45, 7) is 2.67. The summed E-state index contributed by atoms with van der Waals surface area (Å²) in [5.41, 5.74) is 1.06. The summed E-state index contributed by atoms with van der Waals surface area (Å²) >= 11 is 0. The standard InChI is InChI=1S/C13H17F2N/c14-5-2-6-16-9-12(10-16)7-11-3-1-4-13(15)8-11/h1,3-4,8,12H,2,5-7,9-10H2. The van der Waals surface area contributed by atoms with Crippen molar-refractivity contribution in [3.63, 3.8) is 0 Å². The van der Waals surface area contributed by atoms with Gasteiger partial charge in [-0.3, -0.25) is 4.39 Å². The van der Waals surface area contributed by atoms with E-state index in [9.17, 15) is 8.78 Å². The summed E-state index contributed by atoms with van der Waals surface area (Å²) < 4.78 is 24.9. The average molecular weight is 225 g/mol. The Morgan fingerprint density at radius 3 is 2.81 bits per heavy atom. The molecule has 0 atom stereocenters. The van der Waals surface area contributed by atoms with Crippen molar-refractivity contribution in [3.8, 4) is 0 Å². The molecule has 3 heteroatoms. The maximum atomic E-state index is 12.9. The quantitative estimate of drug-likeness (QED) is 0.744. The van der Waals surface area contributed by atoms with Gasteiger partial charge in [0.05, 0.1) is 6.67 Å². The van der Waals surface area contributed by atoms with Crippen LogP contribution in [0, 0.1) is 11.7 Å². The fraction of sp³-hybridized carbons (Fsp3) is 0.538. The first-order valence-corrected chi connectivity index (χ1v) is 5.80. The van der Waals surface area contributed by atoms with Crippen molar-refractivity contribution in [1.29, 1.82) is 0 Å². The van der Waals surface area contributed by atoms with Gasteiger partial charge in [-0.25, -0.2) is 4.39 Å². The molecule has 0 aromatic heterocycles. The maximum Gasteiger partial charge on any atom is 0.123 e. The van der Waals surface area contributed by atoms with Crippen LogP contribution >= 0.6 is 0 Å². The summed E-state index contributed by atoms with van der Waals surface area (Å²) in [6.07, 6.45) is 1.57. The van der Waals surface area contributed by atoms with E-state index in [0.29, 0.717) is 12.3 Å². The van der Waals surface area contributed by atoms with E-state index < -0.39 is 0 Å². The predicted molar refractivity (Wildman–Crippen MR) is 60.6 cm³/mol. The molecular formula is C13H17F2N. The highest BCUT2D eigenvalue weighted by Crippen LogP contribution is 2.20. The van der Waals surface area contributed by atoms with E-state index in [1.165, 1.54) is 6.07 Å². The second-order valence-corrected chi connectivity index (χ2v) is 4.50. The van der Waals surface area contributed by atoms with Gasteiger partial charge < -0.3 is 4.90 Å². The van der Waals surface area contributed by atoms with Crippen molar-refractivity contribution in [3.05, 3.63) is 35.6 Å². The fourth-order valence-electron chi connectivity index (χ4n) is 2.27. The molecule has 1 nitrogen and oxygen atoms in total. The molecule has 0 aliphatic carbocycles. The molecular weight excluding hydrogens is 208 g/mol. The van der Waals surface area contributed by atoms with E-state index in [0.717, 1.165) is 31.6 Å². The molecule has 1 aromatic rings. The van der Waals surface area contributed by atoms with Gasteiger partial charge in [-0.05, 0) is 36.5 Å². The third-order valence-electron chi connectivity index (χ3n) is 3.05. The van der Waals surface area contributed by atoms with Crippen LogP contribution in [0.2, 0.25) is 0 Å². The summed E-state index contributed by atoms with van der Waals surface area (Å²) in [7, 11) is 0. The van der Waals surface area contributed by atoms with Crippen molar-refractivity contribution in [2.45, 2.75) is 12.8 Å². The fourth-order valence-corrected chi connectivity index (χ4v) is 2.27. The van der Waals surface area contributed by atoms with Crippen molar-refractivity contribution < 1.29 is 8.78 Å². The molecule has 88 valence electrons. The Kier molecular flexibility index (Phi) is 3.88. The minimum atomic E-state index is -0.231. The number of benzene rings is 1. The largest absolute Gasteiger partial charge is 0.303 e. The van der Waals surface area contributed by atoms with Crippen LogP contribution in [0.25, 0.3) is 0 Å². The van der Waals surface area contributed by atoms with E-state index in [2.05, 4.69) is 4.90 Å². The third-order valence-corrected chi connectivity index (χ3v) is 3.05. The van der Waals surface area contributed by atoms with E-state index in [1.54, 1.807) is 12.1 Å². The first-order chi connectivity index (χ1) is 7.78. The predicted octanol–water partition coefficient (Wildman–Crippen LogP) is 2.66. The van der Waals surface area contributed by atoms with Gasteiger partial charge in [0.15, 0.2) is 0 Å². The van der Waals surface area contributed by atoms with Crippen molar-refractivity contribution >= 4 is 0 Å². The van der Waals surface area contributed by atoms with Crippen molar-refractivity contribution in [2.75, 3.05) is 26.3 Å². The number of nitrogens with zero attached hydrogens (tertiary/aromatic N) is 1. The Morgan fingerprint density at radius 2 is 2.12 bits per heavy atom. The number of halogens is 2. The Balaban J connectivity index is 1.73. The Hall–Kier alpha value is -0.960. The van der Waals surface area contributed by atoms with Gasteiger partial charge >= 0.3 is 0 Å². The third kappa shape index (κ3) is 3.01. The van der Waals surface area contributed by atoms with E-state index >= 15 is 0 Å². The lowest BCUT2D eigenvalue weighted by molar-refractivity contribution is 0.0968. The topological polar surface area (TPSA) is 3.24 Å². The Labute approximate surface area is 95.1 Å². The summed E-state index contributed by atoms with van der Waals surface area (Å²) in [5, 5.41) is 0. The molecule has 0 radical (unpaired) electrons. The first kappa shape index (κ1) is 11.5. The highest BCUT2D eigenvalue weighted by atomic mass is 19.1. The minimum Gasteiger partial charge on any atom is -0.303 e. The van der Waals surface area contributed by atoms with Crippen LogP contribution in [0.1, 0.15) is 12.0 Å². The van der Waals surface area contributed by atoms with Crippen LogP contribution in [0.4, 0.5) is 8.78 Å². The molecule has 0 amide bonds. The molecule has 0 N–H and O–H groups in total. The molecule has 0 unspecified atom stereocenters. The Bertz CT molecular complexity index is 334. The van der Waals surface area contributed by atoms with E-state index in [1.807, 2.05) is 6.07 Å². The SMILES string of the molecule is FCCCN1CC(Cc2cccc(F)c2)C1. The summed E-state index contributed by atoms with van der Waals surface area (Å²) in [4.78, 5) is 2.25. The van der Waals surface area contributed by atoms with Gasteiger partial charge in [0.2, 0.25) is 0 Å². The molecule has 0 saturated carbocycles. The second-order valence-electron chi connectivity index (χ2n) is 4.50. The molecule has 1 saturated heterocycles. The highest BCUT2D eigenvalue weighted by molar-refractivity contribution is 5.17. The van der Waals surface area contributed by atoms with Crippen LogP contribution in [-0.2, 0) is 6.42 Å². The molecule has 16 heavy (non-hydrogen) atoms. The molecule has 1 heterocycles. The highest BCUT2D eigenvalue weighted by Gasteiger charge is 2.25. The normalized spacial score (nSPS) is 17.4. The number of hydrogen-bond donors (Lipinski definition) is 0. The zero-order valence-electron chi connectivity index (χ0n) is 9.33. The molecule has 2 rings (SSSR count). The lowest BCUT2D eigenvalue weighted by Gasteiger charge is -2.39. The van der Waals surface area contributed by atoms with Gasteiger partial charge in [0.25, 0.3) is 0 Å². The van der Waals surface area contributed by atoms with Crippen molar-refractivity contribution in [2.24, 2.45) is 5.92 Å². The van der Waals surface area contributed by atoms with E-state index in [-0.39, 0.29) is 12.5 Å². The Morgan fingerprint density at radius 1 is 1.31 bits per heavy atom. The molecule has 1 aliphatic rings. The average Bonchev–Trinajstić information content (AvgIpc) is 2.21. The smallest absolute Gasteiger partial charge is 0.123 e. The van der Waals surface area contributed by atoms with E-state index in [4.69, 9.17) is 0 Å². The zero-order valence-corrected chi connectivity index (χ0v) is 9.33. The molecule has 1 aliphatic heterocycles. The van der Waals surface area contributed by atoms with Gasteiger partial charge in [0.1, 0.15) is 5.82 Å². The lowest BCUT2D eigenvalue weighted by atomic mass is 9.92. The minimum absolute atomic E-state index is 0.161.